The molecule has 84 valence electrons. The first-order valence-electron chi connectivity index (χ1n) is 5.32. The molecule has 4 nitrogen and oxygen atoms in total. The highest BCUT2D eigenvalue weighted by Gasteiger charge is 2.16. The van der Waals surface area contributed by atoms with E-state index in [9.17, 15) is 5.11 Å². The van der Waals surface area contributed by atoms with Gasteiger partial charge < -0.3 is 5.11 Å². The van der Waals surface area contributed by atoms with Crippen molar-refractivity contribution in [1.29, 1.82) is 0 Å². The first kappa shape index (κ1) is 10.8. The SMILES string of the molecule is CCc1cnccc1C(O)c1ccnn1C. The van der Waals surface area contributed by atoms with Crippen molar-refractivity contribution in [2.24, 2.45) is 7.05 Å². The fourth-order valence-electron chi connectivity index (χ4n) is 1.81. The summed E-state index contributed by atoms with van der Waals surface area (Å²) in [5.74, 6) is 0. The van der Waals surface area contributed by atoms with Gasteiger partial charge in [-0.25, -0.2) is 0 Å². The van der Waals surface area contributed by atoms with E-state index in [0.29, 0.717) is 0 Å². The van der Waals surface area contributed by atoms with Crippen LogP contribution in [0.2, 0.25) is 0 Å². The highest BCUT2D eigenvalue weighted by atomic mass is 16.3. The molecule has 16 heavy (non-hydrogen) atoms. The maximum Gasteiger partial charge on any atom is 0.121 e. The summed E-state index contributed by atoms with van der Waals surface area (Å²) in [5, 5.41) is 14.3. The topological polar surface area (TPSA) is 50.9 Å². The fourth-order valence-corrected chi connectivity index (χ4v) is 1.81. The molecule has 1 N–H and O–H groups in total. The molecule has 0 aliphatic rings. The fraction of sp³-hybridized carbons (Fsp3) is 0.333. The maximum atomic E-state index is 10.3. The van der Waals surface area contributed by atoms with Gasteiger partial charge in [0.25, 0.3) is 0 Å². The highest BCUT2D eigenvalue weighted by molar-refractivity contribution is 5.31. The van der Waals surface area contributed by atoms with Crippen LogP contribution in [0, 0.1) is 0 Å². The van der Waals surface area contributed by atoms with Crippen LogP contribution in [0.1, 0.15) is 29.8 Å². The molecule has 0 aliphatic carbocycles. The van der Waals surface area contributed by atoms with E-state index in [-0.39, 0.29) is 0 Å². The molecule has 0 radical (unpaired) electrons. The number of aryl methyl sites for hydroxylation is 2. The smallest absolute Gasteiger partial charge is 0.121 e. The molecule has 2 heterocycles. The lowest BCUT2D eigenvalue weighted by Crippen LogP contribution is -2.09. The predicted octanol–water partition coefficient (Wildman–Crippen LogP) is 1.46. The monoisotopic (exact) mass is 217 g/mol. The van der Waals surface area contributed by atoms with E-state index in [1.54, 1.807) is 23.3 Å². The van der Waals surface area contributed by atoms with Crippen LogP contribution in [-0.4, -0.2) is 19.9 Å². The summed E-state index contributed by atoms with van der Waals surface area (Å²) < 4.78 is 1.69. The number of hydrogen-bond acceptors (Lipinski definition) is 3. The van der Waals surface area contributed by atoms with Gasteiger partial charge in [0.15, 0.2) is 0 Å². The number of aliphatic hydroxyl groups is 1. The molecule has 2 aromatic rings. The van der Waals surface area contributed by atoms with Gasteiger partial charge in [0.2, 0.25) is 0 Å². The molecule has 0 spiro atoms. The Labute approximate surface area is 94.6 Å². The minimum Gasteiger partial charge on any atom is -0.382 e. The zero-order chi connectivity index (χ0) is 11.5. The molecule has 4 heteroatoms. The second-order valence-corrected chi connectivity index (χ2v) is 3.71. The Bertz CT molecular complexity index is 479. The molecule has 0 bridgehead atoms. The Morgan fingerprint density at radius 1 is 1.38 bits per heavy atom. The zero-order valence-electron chi connectivity index (χ0n) is 9.46. The first-order valence-corrected chi connectivity index (χ1v) is 5.32. The molecule has 0 saturated carbocycles. The van der Waals surface area contributed by atoms with Crippen LogP contribution >= 0.6 is 0 Å². The standard InChI is InChI=1S/C12H15N3O/c1-3-9-8-13-6-4-10(9)12(16)11-5-7-14-15(11)2/h4-8,12,16H,3H2,1-2H3. The first-order chi connectivity index (χ1) is 7.74. The summed E-state index contributed by atoms with van der Waals surface area (Å²) in [4.78, 5) is 4.07. The minimum absolute atomic E-state index is 0.634. The third-order valence-corrected chi connectivity index (χ3v) is 2.76. The molecular weight excluding hydrogens is 202 g/mol. The lowest BCUT2D eigenvalue weighted by atomic mass is 10.0. The van der Waals surface area contributed by atoms with Gasteiger partial charge in [-0.1, -0.05) is 6.92 Å². The maximum absolute atomic E-state index is 10.3. The molecule has 1 unspecified atom stereocenters. The summed E-state index contributed by atoms with van der Waals surface area (Å²) in [6.45, 7) is 2.05. The Hall–Kier alpha value is -1.68. The van der Waals surface area contributed by atoms with E-state index >= 15 is 0 Å². The van der Waals surface area contributed by atoms with Crippen LogP contribution in [0.4, 0.5) is 0 Å². The molecule has 0 aromatic carbocycles. The Kier molecular flexibility index (Phi) is 3.01. The van der Waals surface area contributed by atoms with E-state index in [1.165, 1.54) is 0 Å². The molecule has 2 aromatic heterocycles. The average molecular weight is 217 g/mol. The second kappa shape index (κ2) is 4.45. The quantitative estimate of drug-likeness (QED) is 0.846. The van der Waals surface area contributed by atoms with Crippen molar-refractivity contribution in [3.05, 3.63) is 47.5 Å². The molecule has 0 aliphatic heterocycles. The van der Waals surface area contributed by atoms with Crippen molar-refractivity contribution in [3.8, 4) is 0 Å². The van der Waals surface area contributed by atoms with Crippen molar-refractivity contribution < 1.29 is 5.11 Å². The molecule has 1 atom stereocenters. The Morgan fingerprint density at radius 3 is 2.81 bits per heavy atom. The van der Waals surface area contributed by atoms with Gasteiger partial charge in [-0.15, -0.1) is 0 Å². The number of rotatable bonds is 3. The van der Waals surface area contributed by atoms with E-state index in [0.717, 1.165) is 23.2 Å². The van der Waals surface area contributed by atoms with Crippen molar-refractivity contribution in [2.75, 3.05) is 0 Å². The van der Waals surface area contributed by atoms with Gasteiger partial charge in [-0.3, -0.25) is 9.67 Å². The Morgan fingerprint density at radius 2 is 2.19 bits per heavy atom. The summed E-state index contributed by atoms with van der Waals surface area (Å²) in [5.41, 5.74) is 2.76. The third kappa shape index (κ3) is 1.84. The highest BCUT2D eigenvalue weighted by Crippen LogP contribution is 2.23. The third-order valence-electron chi connectivity index (χ3n) is 2.76. The van der Waals surface area contributed by atoms with Crippen LogP contribution in [0.15, 0.2) is 30.7 Å². The summed E-state index contributed by atoms with van der Waals surface area (Å²) >= 11 is 0. The summed E-state index contributed by atoms with van der Waals surface area (Å²) in [7, 11) is 1.82. The summed E-state index contributed by atoms with van der Waals surface area (Å²) in [6.07, 6.45) is 5.41. The normalized spacial score (nSPS) is 12.7. The summed E-state index contributed by atoms with van der Waals surface area (Å²) in [6, 6.07) is 3.68. The van der Waals surface area contributed by atoms with Crippen LogP contribution in [0.3, 0.4) is 0 Å². The van der Waals surface area contributed by atoms with Crippen LogP contribution in [0.5, 0.6) is 0 Å². The minimum atomic E-state index is -0.634. The molecule has 0 saturated heterocycles. The number of hydrogen-bond donors (Lipinski definition) is 1. The van der Waals surface area contributed by atoms with Crippen molar-refractivity contribution >= 4 is 0 Å². The largest absolute Gasteiger partial charge is 0.382 e. The predicted molar refractivity (Wildman–Crippen MR) is 60.9 cm³/mol. The van der Waals surface area contributed by atoms with Crippen LogP contribution < -0.4 is 0 Å². The molecule has 2 rings (SSSR count). The number of nitrogens with zero attached hydrogens (tertiary/aromatic N) is 3. The zero-order valence-corrected chi connectivity index (χ0v) is 9.46. The Balaban J connectivity index is 2.41. The molecule has 0 fully saturated rings. The van der Waals surface area contributed by atoms with E-state index in [2.05, 4.69) is 17.0 Å². The second-order valence-electron chi connectivity index (χ2n) is 3.71. The van der Waals surface area contributed by atoms with Gasteiger partial charge in [-0.05, 0) is 29.7 Å². The van der Waals surface area contributed by atoms with E-state index < -0.39 is 6.10 Å². The average Bonchev–Trinajstić information content (AvgIpc) is 2.74. The molecular formula is C12H15N3O. The van der Waals surface area contributed by atoms with E-state index in [4.69, 9.17) is 0 Å². The van der Waals surface area contributed by atoms with Gasteiger partial charge >= 0.3 is 0 Å². The van der Waals surface area contributed by atoms with Crippen LogP contribution in [-0.2, 0) is 13.5 Å². The van der Waals surface area contributed by atoms with Crippen molar-refractivity contribution in [2.45, 2.75) is 19.4 Å². The lowest BCUT2D eigenvalue weighted by molar-refractivity contribution is 0.208. The van der Waals surface area contributed by atoms with Crippen molar-refractivity contribution in [1.82, 2.24) is 14.8 Å². The number of aromatic nitrogens is 3. The number of aliphatic hydroxyl groups excluding tert-OH is 1. The van der Waals surface area contributed by atoms with E-state index in [1.807, 2.05) is 19.2 Å². The molecule has 0 amide bonds. The van der Waals surface area contributed by atoms with Gasteiger partial charge in [0.05, 0.1) is 5.69 Å². The van der Waals surface area contributed by atoms with Crippen molar-refractivity contribution in [3.63, 3.8) is 0 Å². The van der Waals surface area contributed by atoms with Gasteiger partial charge in [0, 0.05) is 25.6 Å². The van der Waals surface area contributed by atoms with Crippen LogP contribution in [0.25, 0.3) is 0 Å². The van der Waals surface area contributed by atoms with Gasteiger partial charge in [0.1, 0.15) is 6.10 Å². The van der Waals surface area contributed by atoms with Gasteiger partial charge in [-0.2, -0.15) is 5.10 Å². The lowest BCUT2D eigenvalue weighted by Gasteiger charge is -2.14. The number of pyridine rings is 1.